The van der Waals surface area contributed by atoms with Gasteiger partial charge in [-0.25, -0.2) is 0 Å². The van der Waals surface area contributed by atoms with Crippen molar-refractivity contribution in [3.8, 4) is 0 Å². The van der Waals surface area contributed by atoms with E-state index in [2.05, 4.69) is 84.8 Å². The van der Waals surface area contributed by atoms with Gasteiger partial charge in [0.05, 0.1) is 0 Å². The average molecular weight is 552 g/mol. The first-order valence-electron chi connectivity index (χ1n) is 6.14. The zero-order valence-electron chi connectivity index (χ0n) is 10.9. The molecule has 4 nitrogen and oxygen atoms in total. The zero-order valence-corrected chi connectivity index (χ0v) is 17.2. The molecule has 1 heterocycles. The standard InChI is InChI=1S/C14H8Br4N4/c15-7-3-1-4-8(16)11(7)13-19-21-14(22-20-13)12-9(17)5-2-6-10(12)18/h1-6H,(H,19,20)(H,21,22). The Labute approximate surface area is 161 Å². The molecule has 2 aromatic rings. The summed E-state index contributed by atoms with van der Waals surface area (Å²) in [6.07, 6.45) is 0. The summed E-state index contributed by atoms with van der Waals surface area (Å²) in [5, 5.41) is 8.58. The lowest BCUT2D eigenvalue weighted by Crippen LogP contribution is -2.45. The van der Waals surface area contributed by atoms with Gasteiger partial charge in [-0.05, 0) is 88.0 Å². The maximum atomic E-state index is 4.29. The van der Waals surface area contributed by atoms with Crippen molar-refractivity contribution in [1.82, 2.24) is 10.9 Å². The topological polar surface area (TPSA) is 48.8 Å². The smallest absolute Gasteiger partial charge is 0.176 e. The predicted molar refractivity (Wildman–Crippen MR) is 103 cm³/mol. The third kappa shape index (κ3) is 3.15. The molecule has 112 valence electrons. The van der Waals surface area contributed by atoms with E-state index in [1.807, 2.05) is 36.4 Å². The van der Waals surface area contributed by atoms with E-state index >= 15 is 0 Å². The van der Waals surface area contributed by atoms with Gasteiger partial charge >= 0.3 is 0 Å². The van der Waals surface area contributed by atoms with Crippen LogP contribution in [0.25, 0.3) is 0 Å². The third-order valence-corrected chi connectivity index (χ3v) is 5.59. The van der Waals surface area contributed by atoms with Gasteiger partial charge < -0.3 is 0 Å². The monoisotopic (exact) mass is 548 g/mol. The van der Waals surface area contributed by atoms with E-state index in [0.29, 0.717) is 11.7 Å². The van der Waals surface area contributed by atoms with Gasteiger partial charge in [-0.15, -0.1) is 10.2 Å². The summed E-state index contributed by atoms with van der Waals surface area (Å²) in [4.78, 5) is 0. The second-order valence-electron chi connectivity index (χ2n) is 4.34. The van der Waals surface area contributed by atoms with Crippen LogP contribution in [0, 0.1) is 0 Å². The van der Waals surface area contributed by atoms with Crippen molar-refractivity contribution in [2.24, 2.45) is 10.2 Å². The molecule has 8 heteroatoms. The van der Waals surface area contributed by atoms with Crippen LogP contribution in [-0.4, -0.2) is 11.7 Å². The second-order valence-corrected chi connectivity index (χ2v) is 7.76. The molecule has 2 aromatic carbocycles. The molecule has 0 atom stereocenters. The highest BCUT2D eigenvalue weighted by Gasteiger charge is 2.19. The molecule has 3 rings (SSSR count). The third-order valence-electron chi connectivity index (χ3n) is 2.95. The summed E-state index contributed by atoms with van der Waals surface area (Å²) in [5.74, 6) is 1.26. The highest BCUT2D eigenvalue weighted by molar-refractivity contribution is 9.11. The molecule has 0 amide bonds. The van der Waals surface area contributed by atoms with Crippen molar-refractivity contribution in [2.45, 2.75) is 0 Å². The fourth-order valence-electron chi connectivity index (χ4n) is 1.94. The molecular formula is C14H8Br4N4. The lowest BCUT2D eigenvalue weighted by molar-refractivity contribution is 0.823. The van der Waals surface area contributed by atoms with Gasteiger partial charge in [0.25, 0.3) is 0 Å². The number of hydrazine groups is 1. The summed E-state index contributed by atoms with van der Waals surface area (Å²) < 4.78 is 3.71. The van der Waals surface area contributed by atoms with Crippen molar-refractivity contribution in [3.63, 3.8) is 0 Å². The summed E-state index contributed by atoms with van der Waals surface area (Å²) in [7, 11) is 0. The summed E-state index contributed by atoms with van der Waals surface area (Å²) in [6, 6.07) is 11.7. The van der Waals surface area contributed by atoms with Crippen LogP contribution >= 0.6 is 63.7 Å². The van der Waals surface area contributed by atoms with E-state index < -0.39 is 0 Å². The molecule has 0 aromatic heterocycles. The summed E-state index contributed by atoms with van der Waals surface area (Å²) in [6.45, 7) is 0. The Morgan fingerprint density at radius 2 is 0.909 bits per heavy atom. The Morgan fingerprint density at radius 3 is 1.18 bits per heavy atom. The van der Waals surface area contributed by atoms with Crippen LogP contribution in [0.15, 0.2) is 64.5 Å². The van der Waals surface area contributed by atoms with Gasteiger partial charge in [-0.3, -0.25) is 10.9 Å². The highest BCUT2D eigenvalue weighted by Crippen LogP contribution is 2.28. The van der Waals surface area contributed by atoms with E-state index in [1.54, 1.807) is 0 Å². The van der Waals surface area contributed by atoms with E-state index in [9.17, 15) is 0 Å². The SMILES string of the molecule is Brc1cccc(Br)c1C1=NN=C(c2c(Br)cccc2Br)NN1. The molecule has 0 saturated heterocycles. The lowest BCUT2D eigenvalue weighted by Gasteiger charge is -2.19. The lowest BCUT2D eigenvalue weighted by atomic mass is 10.2. The molecule has 0 aliphatic carbocycles. The Bertz CT molecular complexity index is 693. The number of amidine groups is 2. The Kier molecular flexibility index (Phi) is 5.01. The minimum atomic E-state index is 0.631. The zero-order chi connectivity index (χ0) is 15.7. The number of benzene rings is 2. The largest absolute Gasteiger partial charge is 0.281 e. The first kappa shape index (κ1) is 16.2. The maximum absolute atomic E-state index is 4.29. The fourth-order valence-corrected chi connectivity index (χ4v) is 4.69. The van der Waals surface area contributed by atoms with E-state index in [0.717, 1.165) is 29.0 Å². The molecule has 0 saturated carbocycles. The normalized spacial score (nSPS) is 13.8. The molecule has 0 radical (unpaired) electrons. The van der Waals surface area contributed by atoms with Crippen LogP contribution in [0.5, 0.6) is 0 Å². The molecule has 0 unspecified atom stereocenters. The van der Waals surface area contributed by atoms with Crippen LogP contribution in [0.4, 0.5) is 0 Å². The van der Waals surface area contributed by atoms with E-state index in [1.165, 1.54) is 0 Å². The maximum Gasteiger partial charge on any atom is 0.176 e. The van der Waals surface area contributed by atoms with E-state index in [-0.39, 0.29) is 0 Å². The molecular weight excluding hydrogens is 544 g/mol. The molecule has 0 bridgehead atoms. The van der Waals surface area contributed by atoms with Gasteiger partial charge in [0.2, 0.25) is 0 Å². The first-order chi connectivity index (χ1) is 10.6. The van der Waals surface area contributed by atoms with Gasteiger partial charge in [0.15, 0.2) is 11.7 Å². The first-order valence-corrected chi connectivity index (χ1v) is 9.31. The van der Waals surface area contributed by atoms with Gasteiger partial charge in [0.1, 0.15) is 0 Å². The summed E-state index contributed by atoms with van der Waals surface area (Å²) >= 11 is 14.1. The molecule has 0 spiro atoms. The van der Waals surface area contributed by atoms with Gasteiger partial charge in [-0.2, -0.15) is 0 Å². The van der Waals surface area contributed by atoms with Crippen molar-refractivity contribution in [3.05, 3.63) is 65.4 Å². The molecule has 22 heavy (non-hydrogen) atoms. The highest BCUT2D eigenvalue weighted by atomic mass is 79.9. The van der Waals surface area contributed by atoms with Crippen molar-refractivity contribution < 1.29 is 0 Å². The van der Waals surface area contributed by atoms with Crippen LogP contribution in [0.3, 0.4) is 0 Å². The number of halogens is 4. The quantitative estimate of drug-likeness (QED) is 0.555. The van der Waals surface area contributed by atoms with Crippen molar-refractivity contribution in [2.75, 3.05) is 0 Å². The minimum Gasteiger partial charge on any atom is -0.281 e. The molecule has 1 aliphatic heterocycles. The number of nitrogens with one attached hydrogen (secondary N) is 2. The van der Waals surface area contributed by atoms with Crippen molar-refractivity contribution in [1.29, 1.82) is 0 Å². The van der Waals surface area contributed by atoms with Gasteiger partial charge in [-0.1, -0.05) is 12.1 Å². The second kappa shape index (κ2) is 6.82. The number of rotatable bonds is 2. The number of nitrogens with zero attached hydrogens (tertiary/aromatic N) is 2. The predicted octanol–water partition coefficient (Wildman–Crippen LogP) is 4.95. The Hall–Kier alpha value is -0.700. The molecule has 0 fully saturated rings. The molecule has 1 aliphatic rings. The summed E-state index contributed by atoms with van der Waals surface area (Å²) in [5.41, 5.74) is 7.99. The van der Waals surface area contributed by atoms with Crippen LogP contribution < -0.4 is 10.9 Å². The van der Waals surface area contributed by atoms with Crippen molar-refractivity contribution >= 4 is 75.4 Å². The average Bonchev–Trinajstić information content (AvgIpc) is 2.48. The minimum absolute atomic E-state index is 0.631. The van der Waals surface area contributed by atoms with Gasteiger partial charge in [0, 0.05) is 29.0 Å². The van der Waals surface area contributed by atoms with Crippen LogP contribution in [0.1, 0.15) is 11.1 Å². The Morgan fingerprint density at radius 1 is 0.591 bits per heavy atom. The fraction of sp³-hybridized carbons (Fsp3) is 0. The van der Waals surface area contributed by atoms with Crippen LogP contribution in [-0.2, 0) is 0 Å². The Balaban J connectivity index is 2.02. The van der Waals surface area contributed by atoms with E-state index in [4.69, 9.17) is 0 Å². The number of hydrogen-bond acceptors (Lipinski definition) is 4. The van der Waals surface area contributed by atoms with Crippen LogP contribution in [0.2, 0.25) is 0 Å². The number of hydrogen-bond donors (Lipinski definition) is 2. The molecule has 2 N–H and O–H groups in total.